The Morgan fingerprint density at radius 2 is 2.21 bits per heavy atom. The lowest BCUT2D eigenvalue weighted by molar-refractivity contribution is -0.118. The Hall–Kier alpha value is -2.50. The normalized spacial score (nSPS) is 10.0. The second-order valence-electron chi connectivity index (χ2n) is 3.88. The summed E-state index contributed by atoms with van der Waals surface area (Å²) in [6.07, 6.45) is 3.36. The summed E-state index contributed by atoms with van der Waals surface area (Å²) in [5.41, 5.74) is 0. The third kappa shape index (κ3) is 3.48. The first-order valence-electron chi connectivity index (χ1n) is 5.73. The van der Waals surface area contributed by atoms with Crippen LogP contribution in [0, 0.1) is 0 Å². The molecule has 1 amide bonds. The van der Waals surface area contributed by atoms with E-state index >= 15 is 0 Å². The lowest BCUT2D eigenvalue weighted by atomic mass is 10.3. The van der Waals surface area contributed by atoms with Crippen LogP contribution >= 0.6 is 0 Å². The molecule has 0 atom stereocenters. The molecule has 6 nitrogen and oxygen atoms in total. The third-order valence-electron chi connectivity index (χ3n) is 2.48. The minimum absolute atomic E-state index is 0.0833. The first-order valence-corrected chi connectivity index (χ1v) is 5.73. The molecule has 0 aliphatic heterocycles. The second kappa shape index (κ2) is 5.90. The monoisotopic (exact) mass is 261 g/mol. The predicted molar refractivity (Wildman–Crippen MR) is 70.3 cm³/mol. The maximum Gasteiger partial charge on any atom is 0.264 e. The van der Waals surface area contributed by atoms with Crippen molar-refractivity contribution in [2.45, 2.75) is 0 Å². The summed E-state index contributed by atoms with van der Waals surface area (Å²) >= 11 is 0. The van der Waals surface area contributed by atoms with Gasteiger partial charge in [0.1, 0.15) is 11.5 Å². The fourth-order valence-electron chi connectivity index (χ4n) is 1.49. The highest BCUT2D eigenvalue weighted by Gasteiger charge is 2.07. The predicted octanol–water partition coefficient (Wildman–Crippen LogP) is 1.45. The number of hydrogen-bond donors (Lipinski definition) is 1. The molecule has 1 heterocycles. The third-order valence-corrected chi connectivity index (χ3v) is 2.48. The van der Waals surface area contributed by atoms with Crippen LogP contribution in [0.4, 0.5) is 5.95 Å². The summed E-state index contributed by atoms with van der Waals surface area (Å²) < 4.78 is 12.2. The Labute approximate surface area is 111 Å². The van der Waals surface area contributed by atoms with Crippen LogP contribution in [-0.2, 0) is 11.8 Å². The van der Waals surface area contributed by atoms with E-state index in [9.17, 15) is 4.79 Å². The molecule has 0 radical (unpaired) electrons. The number of rotatable bonds is 5. The van der Waals surface area contributed by atoms with E-state index in [-0.39, 0.29) is 12.5 Å². The van der Waals surface area contributed by atoms with E-state index < -0.39 is 0 Å². The van der Waals surface area contributed by atoms with Crippen molar-refractivity contribution in [3.8, 4) is 11.5 Å². The van der Waals surface area contributed by atoms with Gasteiger partial charge in [-0.2, -0.15) is 0 Å². The molecule has 19 heavy (non-hydrogen) atoms. The molecular formula is C13H15N3O3. The Kier molecular flexibility index (Phi) is 4.02. The highest BCUT2D eigenvalue weighted by atomic mass is 16.5. The number of benzene rings is 1. The molecule has 0 unspecified atom stereocenters. The number of carbonyl (C=O) groups is 1. The van der Waals surface area contributed by atoms with Crippen molar-refractivity contribution in [1.29, 1.82) is 0 Å². The van der Waals surface area contributed by atoms with Gasteiger partial charge in [-0.3, -0.25) is 10.1 Å². The first-order chi connectivity index (χ1) is 9.19. The number of carbonyl (C=O) groups excluding carboxylic acids is 1. The number of aromatic nitrogens is 2. The van der Waals surface area contributed by atoms with Crippen LogP contribution in [0.1, 0.15) is 0 Å². The van der Waals surface area contributed by atoms with Gasteiger partial charge in [-0.1, -0.05) is 6.07 Å². The topological polar surface area (TPSA) is 65.4 Å². The van der Waals surface area contributed by atoms with Gasteiger partial charge < -0.3 is 14.0 Å². The van der Waals surface area contributed by atoms with Crippen molar-refractivity contribution in [3.05, 3.63) is 36.7 Å². The van der Waals surface area contributed by atoms with Gasteiger partial charge in [0.05, 0.1) is 7.11 Å². The van der Waals surface area contributed by atoms with Gasteiger partial charge in [0.25, 0.3) is 5.91 Å². The average molecular weight is 261 g/mol. The maximum atomic E-state index is 11.7. The van der Waals surface area contributed by atoms with E-state index in [4.69, 9.17) is 9.47 Å². The van der Waals surface area contributed by atoms with Gasteiger partial charge in [0, 0.05) is 25.5 Å². The van der Waals surface area contributed by atoms with Crippen LogP contribution in [-0.4, -0.2) is 29.2 Å². The minimum atomic E-state index is -0.267. The molecule has 0 saturated carbocycles. The molecule has 1 aromatic carbocycles. The van der Waals surface area contributed by atoms with E-state index in [1.807, 2.05) is 0 Å². The highest BCUT2D eigenvalue weighted by Crippen LogP contribution is 2.18. The van der Waals surface area contributed by atoms with Crippen LogP contribution in [0.3, 0.4) is 0 Å². The van der Waals surface area contributed by atoms with Crippen molar-refractivity contribution >= 4 is 11.9 Å². The number of nitrogens with one attached hydrogen (secondary N) is 1. The fourth-order valence-corrected chi connectivity index (χ4v) is 1.49. The summed E-state index contributed by atoms with van der Waals surface area (Å²) in [7, 11) is 3.37. The number of nitrogens with zero attached hydrogens (tertiary/aromatic N) is 2. The van der Waals surface area contributed by atoms with E-state index in [1.54, 1.807) is 55.4 Å². The Morgan fingerprint density at radius 1 is 1.42 bits per heavy atom. The SMILES string of the molecule is COc1cccc(OCC(=O)Nc2nccn2C)c1. The molecule has 0 aliphatic carbocycles. The Morgan fingerprint density at radius 3 is 2.89 bits per heavy atom. The van der Waals surface area contributed by atoms with Gasteiger partial charge in [-0.05, 0) is 12.1 Å². The molecule has 100 valence electrons. The molecule has 0 aliphatic rings. The zero-order valence-corrected chi connectivity index (χ0v) is 10.8. The number of hydrogen-bond acceptors (Lipinski definition) is 4. The van der Waals surface area contributed by atoms with Gasteiger partial charge >= 0.3 is 0 Å². The smallest absolute Gasteiger partial charge is 0.264 e. The van der Waals surface area contributed by atoms with Gasteiger partial charge in [0.15, 0.2) is 6.61 Å². The molecule has 6 heteroatoms. The fraction of sp³-hybridized carbons (Fsp3) is 0.231. The summed E-state index contributed by atoms with van der Waals surface area (Å²) in [6, 6.07) is 7.08. The van der Waals surface area contributed by atoms with Gasteiger partial charge in [-0.15, -0.1) is 0 Å². The Bertz CT molecular complexity index is 566. The lowest BCUT2D eigenvalue weighted by Crippen LogP contribution is -2.21. The largest absolute Gasteiger partial charge is 0.497 e. The van der Waals surface area contributed by atoms with Crippen LogP contribution in [0.15, 0.2) is 36.7 Å². The van der Waals surface area contributed by atoms with E-state index in [0.717, 1.165) is 0 Å². The minimum Gasteiger partial charge on any atom is -0.497 e. The highest BCUT2D eigenvalue weighted by molar-refractivity contribution is 5.90. The molecule has 1 N–H and O–H groups in total. The number of anilines is 1. The number of imidazole rings is 1. The Balaban J connectivity index is 1.88. The quantitative estimate of drug-likeness (QED) is 0.884. The number of amides is 1. The zero-order chi connectivity index (χ0) is 13.7. The summed E-state index contributed by atoms with van der Waals surface area (Å²) in [5, 5.41) is 2.65. The van der Waals surface area contributed by atoms with Crippen molar-refractivity contribution in [3.63, 3.8) is 0 Å². The van der Waals surface area contributed by atoms with Crippen molar-refractivity contribution in [1.82, 2.24) is 9.55 Å². The number of aryl methyl sites for hydroxylation is 1. The molecular weight excluding hydrogens is 246 g/mol. The molecule has 0 bridgehead atoms. The summed E-state index contributed by atoms with van der Waals surface area (Å²) in [5.74, 6) is 1.48. The van der Waals surface area contributed by atoms with Gasteiger partial charge in [-0.25, -0.2) is 4.98 Å². The molecule has 1 aromatic heterocycles. The first kappa shape index (κ1) is 12.9. The molecule has 2 aromatic rings. The van der Waals surface area contributed by atoms with E-state index in [1.165, 1.54) is 0 Å². The molecule has 0 spiro atoms. The maximum absolute atomic E-state index is 11.7. The van der Waals surface area contributed by atoms with Crippen molar-refractivity contribution in [2.24, 2.45) is 7.05 Å². The molecule has 2 rings (SSSR count). The molecule has 0 saturated heterocycles. The van der Waals surface area contributed by atoms with E-state index in [2.05, 4.69) is 10.3 Å². The van der Waals surface area contributed by atoms with Crippen LogP contribution < -0.4 is 14.8 Å². The lowest BCUT2D eigenvalue weighted by Gasteiger charge is -2.08. The van der Waals surface area contributed by atoms with Crippen LogP contribution in [0.2, 0.25) is 0 Å². The van der Waals surface area contributed by atoms with Crippen LogP contribution in [0.5, 0.6) is 11.5 Å². The summed E-state index contributed by atoms with van der Waals surface area (Å²) in [6.45, 7) is -0.0833. The summed E-state index contributed by atoms with van der Waals surface area (Å²) in [4.78, 5) is 15.7. The van der Waals surface area contributed by atoms with Gasteiger partial charge in [0.2, 0.25) is 5.95 Å². The zero-order valence-electron chi connectivity index (χ0n) is 10.8. The average Bonchev–Trinajstić information content (AvgIpc) is 2.82. The van der Waals surface area contributed by atoms with E-state index in [0.29, 0.717) is 17.4 Å². The molecule has 0 fully saturated rings. The standard InChI is InChI=1S/C13H15N3O3/c1-16-7-6-14-13(16)15-12(17)9-19-11-5-3-4-10(8-11)18-2/h3-8H,9H2,1-2H3,(H,14,15,17). The number of methoxy groups -OCH3 is 1. The van der Waals surface area contributed by atoms with Crippen LogP contribution in [0.25, 0.3) is 0 Å². The van der Waals surface area contributed by atoms with Crippen molar-refractivity contribution in [2.75, 3.05) is 19.0 Å². The second-order valence-corrected chi connectivity index (χ2v) is 3.88. The number of ether oxygens (including phenoxy) is 2. The van der Waals surface area contributed by atoms with Crippen molar-refractivity contribution < 1.29 is 14.3 Å².